The summed E-state index contributed by atoms with van der Waals surface area (Å²) in [5.74, 6) is 0.200. The van der Waals surface area contributed by atoms with Gasteiger partial charge in [0.2, 0.25) is 0 Å². The molecule has 0 aliphatic rings. The van der Waals surface area contributed by atoms with Crippen LogP contribution in [0.1, 0.15) is 58.2 Å². The molecule has 1 amide bonds. The minimum absolute atomic E-state index is 0.139. The molecule has 0 saturated carbocycles. The molecule has 2 aromatic carbocycles. The number of para-hydroxylation sites is 2. The molecule has 3 rings (SSSR count). The van der Waals surface area contributed by atoms with Gasteiger partial charge in [-0.05, 0) is 40.7 Å². The molecule has 0 saturated heterocycles. The van der Waals surface area contributed by atoms with Crippen molar-refractivity contribution in [2.45, 2.75) is 57.6 Å². The average molecular weight is 440 g/mol. The summed E-state index contributed by atoms with van der Waals surface area (Å²) >= 11 is 1.22. The first-order valence-electron chi connectivity index (χ1n) is 10.1. The summed E-state index contributed by atoms with van der Waals surface area (Å²) < 4.78 is 5.60. The smallest absolute Gasteiger partial charge is 0.257 e. The first kappa shape index (κ1) is 22.9. The lowest BCUT2D eigenvalue weighted by atomic mass is 9.78. The molecule has 0 fully saturated rings. The van der Waals surface area contributed by atoms with E-state index in [1.807, 2.05) is 36.4 Å². The Morgan fingerprint density at radius 1 is 1.13 bits per heavy atom. The Morgan fingerprint density at radius 2 is 1.74 bits per heavy atom. The summed E-state index contributed by atoms with van der Waals surface area (Å²) in [7, 11) is 0. The van der Waals surface area contributed by atoms with Gasteiger partial charge in [0.05, 0.1) is 12.0 Å². The van der Waals surface area contributed by atoms with Crippen molar-refractivity contribution in [3.05, 3.63) is 53.1 Å². The average Bonchev–Trinajstić information content (AvgIpc) is 3.08. The maximum absolute atomic E-state index is 12.2. The van der Waals surface area contributed by atoms with E-state index in [9.17, 15) is 9.90 Å². The number of hydrogen-bond donors (Lipinski definition) is 2. The number of aromatic hydroxyl groups is 1. The Balaban J connectivity index is 1.68. The largest absolute Gasteiger partial charge is 0.507 e. The van der Waals surface area contributed by atoms with Gasteiger partial charge in [0.25, 0.3) is 11.1 Å². The fourth-order valence-electron chi connectivity index (χ4n) is 3.13. The van der Waals surface area contributed by atoms with E-state index < -0.39 is 0 Å². The molecule has 0 atom stereocenters. The number of oxazole rings is 1. The molecule has 0 aliphatic heterocycles. The lowest BCUT2D eigenvalue weighted by molar-refractivity contribution is -0.118. The van der Waals surface area contributed by atoms with E-state index in [0.717, 1.165) is 22.2 Å². The molecule has 0 radical (unpaired) electrons. The maximum atomic E-state index is 12.2. The standard InChI is InChI=1S/C24H29N3O3S/c1-23(2,3)16-11-15(12-17(21(16)29)24(4,5)6)13-25-27-20(28)14-31-22-26-18-9-7-8-10-19(18)30-22/h7-13,29H,14H2,1-6H3,(H,27,28)/b25-13-. The predicted molar refractivity (Wildman–Crippen MR) is 126 cm³/mol. The van der Waals surface area contributed by atoms with E-state index in [-0.39, 0.29) is 22.5 Å². The van der Waals surface area contributed by atoms with Crippen molar-refractivity contribution >= 4 is 35.0 Å². The predicted octanol–water partition coefficient (Wildman–Crippen LogP) is 5.37. The second-order valence-electron chi connectivity index (χ2n) is 9.49. The molecule has 0 aliphatic carbocycles. The van der Waals surface area contributed by atoms with Crippen LogP contribution in [0.25, 0.3) is 11.1 Å². The molecule has 164 valence electrons. The number of nitrogens with zero attached hydrogens (tertiary/aromatic N) is 2. The first-order chi connectivity index (χ1) is 14.4. The molecular formula is C24H29N3O3S. The molecule has 1 heterocycles. The van der Waals surface area contributed by atoms with E-state index in [1.54, 1.807) is 6.21 Å². The number of carbonyl (C=O) groups excluding carboxylic acids is 1. The van der Waals surface area contributed by atoms with Gasteiger partial charge >= 0.3 is 0 Å². The van der Waals surface area contributed by atoms with Crippen molar-refractivity contribution in [3.63, 3.8) is 0 Å². The Morgan fingerprint density at radius 3 is 2.32 bits per heavy atom. The molecule has 3 aromatic rings. The number of carbonyl (C=O) groups is 1. The van der Waals surface area contributed by atoms with Gasteiger partial charge in [0.15, 0.2) is 5.58 Å². The van der Waals surface area contributed by atoms with Gasteiger partial charge in [0, 0.05) is 11.1 Å². The Labute approximate surface area is 187 Å². The third kappa shape index (κ3) is 5.67. The number of aromatic nitrogens is 1. The summed E-state index contributed by atoms with van der Waals surface area (Å²) in [6.45, 7) is 12.3. The summed E-state index contributed by atoms with van der Waals surface area (Å²) in [4.78, 5) is 16.5. The molecule has 0 spiro atoms. The summed E-state index contributed by atoms with van der Waals surface area (Å²) in [6, 6.07) is 11.3. The maximum Gasteiger partial charge on any atom is 0.257 e. The fourth-order valence-corrected chi connectivity index (χ4v) is 3.76. The van der Waals surface area contributed by atoms with Crippen LogP contribution in [0.2, 0.25) is 0 Å². The lowest BCUT2D eigenvalue weighted by Crippen LogP contribution is -2.20. The quantitative estimate of drug-likeness (QED) is 0.317. The van der Waals surface area contributed by atoms with Crippen molar-refractivity contribution in [2.24, 2.45) is 5.10 Å². The Bertz CT molecular complexity index is 1050. The number of fused-ring (bicyclic) bond motifs is 1. The highest BCUT2D eigenvalue weighted by Gasteiger charge is 2.26. The first-order valence-corrected chi connectivity index (χ1v) is 11.1. The van der Waals surface area contributed by atoms with Crippen LogP contribution < -0.4 is 5.43 Å². The number of benzene rings is 2. The van der Waals surface area contributed by atoms with Gasteiger partial charge in [-0.15, -0.1) is 0 Å². The van der Waals surface area contributed by atoms with Gasteiger partial charge in [-0.2, -0.15) is 5.10 Å². The second kappa shape index (κ2) is 8.75. The van der Waals surface area contributed by atoms with E-state index in [2.05, 4.69) is 57.1 Å². The highest BCUT2D eigenvalue weighted by Crippen LogP contribution is 2.39. The number of amides is 1. The minimum Gasteiger partial charge on any atom is -0.507 e. The van der Waals surface area contributed by atoms with Gasteiger partial charge < -0.3 is 9.52 Å². The zero-order chi connectivity index (χ0) is 22.8. The highest BCUT2D eigenvalue weighted by molar-refractivity contribution is 7.99. The number of phenolic OH excluding ortho intramolecular Hbond substituents is 1. The van der Waals surface area contributed by atoms with E-state index >= 15 is 0 Å². The Kier molecular flexibility index (Phi) is 6.46. The van der Waals surface area contributed by atoms with Crippen LogP contribution in [-0.4, -0.2) is 28.0 Å². The van der Waals surface area contributed by atoms with Gasteiger partial charge in [-0.1, -0.05) is 65.4 Å². The van der Waals surface area contributed by atoms with Crippen LogP contribution in [0.3, 0.4) is 0 Å². The van der Waals surface area contributed by atoms with Gasteiger partial charge in [-0.3, -0.25) is 4.79 Å². The van der Waals surface area contributed by atoms with Crippen molar-refractivity contribution in [2.75, 3.05) is 5.75 Å². The molecule has 0 unspecified atom stereocenters. The monoisotopic (exact) mass is 439 g/mol. The molecule has 6 nitrogen and oxygen atoms in total. The number of rotatable bonds is 5. The van der Waals surface area contributed by atoms with E-state index in [0.29, 0.717) is 16.6 Å². The normalized spacial score (nSPS) is 12.6. The fraction of sp³-hybridized carbons (Fsp3) is 0.375. The van der Waals surface area contributed by atoms with Crippen molar-refractivity contribution < 1.29 is 14.3 Å². The summed E-state index contributed by atoms with van der Waals surface area (Å²) in [5.41, 5.74) is 6.06. The van der Waals surface area contributed by atoms with E-state index in [4.69, 9.17) is 4.42 Å². The van der Waals surface area contributed by atoms with Crippen LogP contribution in [0.5, 0.6) is 5.75 Å². The van der Waals surface area contributed by atoms with E-state index in [1.165, 1.54) is 11.8 Å². The third-order valence-corrected chi connectivity index (χ3v) is 5.58. The third-order valence-electron chi connectivity index (χ3n) is 4.75. The van der Waals surface area contributed by atoms with Gasteiger partial charge in [-0.25, -0.2) is 10.4 Å². The zero-order valence-corrected chi connectivity index (χ0v) is 19.6. The van der Waals surface area contributed by atoms with Crippen molar-refractivity contribution in [1.82, 2.24) is 10.4 Å². The van der Waals surface area contributed by atoms with Crippen molar-refractivity contribution in [1.29, 1.82) is 0 Å². The molecule has 31 heavy (non-hydrogen) atoms. The molecular weight excluding hydrogens is 410 g/mol. The second-order valence-corrected chi connectivity index (χ2v) is 10.4. The summed E-state index contributed by atoms with van der Waals surface area (Å²) in [5, 5.41) is 15.3. The van der Waals surface area contributed by atoms with Crippen LogP contribution in [0.4, 0.5) is 0 Å². The van der Waals surface area contributed by atoms with Crippen LogP contribution in [-0.2, 0) is 15.6 Å². The zero-order valence-electron chi connectivity index (χ0n) is 18.8. The van der Waals surface area contributed by atoms with Crippen LogP contribution >= 0.6 is 11.8 Å². The number of phenols is 1. The number of hydrogen-bond acceptors (Lipinski definition) is 6. The summed E-state index contributed by atoms with van der Waals surface area (Å²) in [6.07, 6.45) is 1.60. The van der Waals surface area contributed by atoms with Crippen LogP contribution in [0.15, 0.2) is 51.1 Å². The Hall–Kier alpha value is -2.80. The highest BCUT2D eigenvalue weighted by atomic mass is 32.2. The lowest BCUT2D eigenvalue weighted by Gasteiger charge is -2.27. The van der Waals surface area contributed by atoms with Gasteiger partial charge in [0.1, 0.15) is 11.3 Å². The number of hydrazone groups is 1. The molecule has 2 N–H and O–H groups in total. The van der Waals surface area contributed by atoms with Crippen LogP contribution in [0, 0.1) is 0 Å². The van der Waals surface area contributed by atoms with Crippen molar-refractivity contribution in [3.8, 4) is 5.75 Å². The molecule has 0 bridgehead atoms. The molecule has 1 aromatic heterocycles. The minimum atomic E-state index is -0.255. The SMILES string of the molecule is CC(C)(C)c1cc(/C=N\NC(=O)CSc2nc3ccccc3o2)cc(C(C)(C)C)c1O. The molecule has 7 heteroatoms. The number of thioether (sulfide) groups is 1. The topological polar surface area (TPSA) is 87.7 Å². The number of nitrogens with one attached hydrogen (secondary N) is 1.